The second-order valence-corrected chi connectivity index (χ2v) is 7.18. The second kappa shape index (κ2) is 10.1. The molecule has 0 saturated carbocycles. The van der Waals surface area contributed by atoms with E-state index in [0.29, 0.717) is 19.0 Å². The summed E-state index contributed by atoms with van der Waals surface area (Å²) in [6, 6.07) is 8.14. The minimum absolute atomic E-state index is 0. The number of nitrogens with two attached hydrogens (primary N) is 1. The zero-order valence-electron chi connectivity index (χ0n) is 16.0. The number of aryl methyl sites for hydroxylation is 2. The quantitative estimate of drug-likeness (QED) is 0.788. The molecule has 3 N–H and O–H groups in total. The number of hydrogen-bond donors (Lipinski definition) is 2. The summed E-state index contributed by atoms with van der Waals surface area (Å²) < 4.78 is 2.04. The van der Waals surface area contributed by atoms with Gasteiger partial charge in [-0.1, -0.05) is 38.1 Å². The highest BCUT2D eigenvalue weighted by Gasteiger charge is 2.26. The van der Waals surface area contributed by atoms with Crippen molar-refractivity contribution < 1.29 is 4.79 Å². The molecule has 1 amide bonds. The van der Waals surface area contributed by atoms with Gasteiger partial charge in [-0.25, -0.2) is 0 Å². The number of carbonyl (C=O) groups excluding carboxylic acids is 1. The van der Waals surface area contributed by atoms with Crippen LogP contribution in [0.4, 0.5) is 0 Å². The molecular formula is C19H29Cl2N5O. The molecule has 0 spiro atoms. The van der Waals surface area contributed by atoms with E-state index in [1.165, 1.54) is 5.56 Å². The molecule has 0 fully saturated rings. The third-order valence-electron chi connectivity index (χ3n) is 5.03. The first-order valence-electron chi connectivity index (χ1n) is 8.97. The Morgan fingerprint density at radius 1 is 1.22 bits per heavy atom. The van der Waals surface area contributed by atoms with Gasteiger partial charge < -0.3 is 15.6 Å². The molecule has 2 atom stereocenters. The van der Waals surface area contributed by atoms with Crippen LogP contribution in [0, 0.1) is 12.8 Å². The molecule has 150 valence electrons. The van der Waals surface area contributed by atoms with E-state index < -0.39 is 0 Å². The lowest BCUT2D eigenvalue weighted by molar-refractivity contribution is -0.126. The molecule has 1 aliphatic heterocycles. The van der Waals surface area contributed by atoms with E-state index in [1.54, 1.807) is 0 Å². The first kappa shape index (κ1) is 23.4. The Bertz CT molecular complexity index is 745. The number of nitrogens with zero attached hydrogens (tertiary/aromatic N) is 3. The predicted octanol–water partition coefficient (Wildman–Crippen LogP) is 2.93. The van der Waals surface area contributed by atoms with Crippen molar-refractivity contribution in [2.24, 2.45) is 11.7 Å². The molecule has 0 bridgehead atoms. The number of carbonyl (C=O) groups is 1. The maximum Gasteiger partial charge on any atom is 0.224 e. The van der Waals surface area contributed by atoms with Crippen LogP contribution >= 0.6 is 24.8 Å². The third kappa shape index (κ3) is 5.43. The van der Waals surface area contributed by atoms with Crippen LogP contribution in [0.25, 0.3) is 0 Å². The number of amides is 1. The van der Waals surface area contributed by atoms with Crippen LogP contribution in [0.2, 0.25) is 0 Å². The number of rotatable bonds is 5. The van der Waals surface area contributed by atoms with Gasteiger partial charge in [-0.3, -0.25) is 4.79 Å². The van der Waals surface area contributed by atoms with Gasteiger partial charge in [0.05, 0.1) is 5.92 Å². The van der Waals surface area contributed by atoms with Crippen molar-refractivity contribution in [1.82, 2.24) is 20.1 Å². The molecule has 3 rings (SSSR count). The second-order valence-electron chi connectivity index (χ2n) is 7.18. The van der Waals surface area contributed by atoms with Crippen molar-refractivity contribution in [3.8, 4) is 0 Å². The normalized spacial score (nSPS) is 16.7. The smallest absolute Gasteiger partial charge is 0.224 e. The molecule has 0 aliphatic carbocycles. The van der Waals surface area contributed by atoms with Gasteiger partial charge in [-0.2, -0.15) is 0 Å². The highest BCUT2D eigenvalue weighted by atomic mass is 35.5. The Morgan fingerprint density at radius 2 is 1.85 bits per heavy atom. The summed E-state index contributed by atoms with van der Waals surface area (Å²) in [6.07, 6.45) is 1.60. The van der Waals surface area contributed by atoms with E-state index in [0.717, 1.165) is 30.1 Å². The molecule has 0 saturated heterocycles. The number of fused-ring (bicyclic) bond motifs is 1. The summed E-state index contributed by atoms with van der Waals surface area (Å²) >= 11 is 0. The van der Waals surface area contributed by atoms with Gasteiger partial charge in [0.2, 0.25) is 5.91 Å². The Hall–Kier alpha value is -1.63. The molecule has 27 heavy (non-hydrogen) atoms. The highest BCUT2D eigenvalue weighted by molar-refractivity contribution is 5.85. The Balaban J connectivity index is 0.00000182. The molecular weight excluding hydrogens is 385 g/mol. The van der Waals surface area contributed by atoms with E-state index in [-0.39, 0.29) is 42.7 Å². The molecule has 2 unspecified atom stereocenters. The van der Waals surface area contributed by atoms with Gasteiger partial charge >= 0.3 is 0 Å². The Labute approximate surface area is 173 Å². The van der Waals surface area contributed by atoms with Crippen LogP contribution < -0.4 is 11.1 Å². The zero-order valence-corrected chi connectivity index (χ0v) is 17.6. The summed E-state index contributed by atoms with van der Waals surface area (Å²) in [6.45, 7) is 7.36. The number of nitrogens with one attached hydrogen (secondary N) is 1. The molecule has 6 nitrogen and oxygen atoms in total. The topological polar surface area (TPSA) is 85.8 Å². The number of benzene rings is 1. The summed E-state index contributed by atoms with van der Waals surface area (Å²) in [4.78, 5) is 12.5. The molecule has 0 radical (unpaired) electrons. The molecule has 2 heterocycles. The molecule has 1 aliphatic rings. The number of hydrogen-bond acceptors (Lipinski definition) is 4. The number of halogens is 2. The van der Waals surface area contributed by atoms with E-state index in [4.69, 9.17) is 5.73 Å². The van der Waals surface area contributed by atoms with E-state index >= 15 is 0 Å². The predicted molar refractivity (Wildman–Crippen MR) is 112 cm³/mol. The van der Waals surface area contributed by atoms with Gasteiger partial charge in [-0.05, 0) is 30.4 Å². The van der Waals surface area contributed by atoms with Crippen LogP contribution in [-0.4, -0.2) is 27.2 Å². The molecule has 8 heteroatoms. The summed E-state index contributed by atoms with van der Waals surface area (Å²) in [5.41, 5.74) is 8.58. The average molecular weight is 414 g/mol. The average Bonchev–Trinajstić information content (AvgIpc) is 3.00. The van der Waals surface area contributed by atoms with Gasteiger partial charge in [-0.15, -0.1) is 35.0 Å². The van der Waals surface area contributed by atoms with Gasteiger partial charge in [0.25, 0.3) is 0 Å². The lowest BCUT2D eigenvalue weighted by Crippen LogP contribution is -2.39. The Morgan fingerprint density at radius 3 is 2.48 bits per heavy atom. The standard InChI is InChI=1S/C19H27N5O.2ClH/c1-12(2)14-4-6-15(7-5-14)17(20)10-21-19(25)16-8-9-18-23-22-13(3)24(18)11-16;;/h4-7,12,16-17H,8-11,20H2,1-3H3,(H,21,25);2*1H. The monoisotopic (exact) mass is 413 g/mol. The van der Waals surface area contributed by atoms with E-state index in [1.807, 2.05) is 11.5 Å². The van der Waals surface area contributed by atoms with Crippen molar-refractivity contribution in [2.45, 2.75) is 52.1 Å². The van der Waals surface area contributed by atoms with E-state index in [2.05, 4.69) is 53.6 Å². The highest BCUT2D eigenvalue weighted by Crippen LogP contribution is 2.21. The largest absolute Gasteiger partial charge is 0.354 e. The lowest BCUT2D eigenvalue weighted by Gasteiger charge is -2.24. The van der Waals surface area contributed by atoms with Crippen molar-refractivity contribution in [2.75, 3.05) is 6.54 Å². The molecule has 2 aromatic rings. The van der Waals surface area contributed by atoms with Crippen LogP contribution in [0.1, 0.15) is 55.0 Å². The summed E-state index contributed by atoms with van der Waals surface area (Å²) in [5.74, 6) is 2.37. The van der Waals surface area contributed by atoms with Crippen LogP contribution in [0.15, 0.2) is 24.3 Å². The van der Waals surface area contributed by atoms with Crippen molar-refractivity contribution in [1.29, 1.82) is 0 Å². The minimum atomic E-state index is -0.194. The fourth-order valence-corrected chi connectivity index (χ4v) is 3.28. The minimum Gasteiger partial charge on any atom is -0.354 e. The van der Waals surface area contributed by atoms with E-state index in [9.17, 15) is 4.79 Å². The fraction of sp³-hybridized carbons (Fsp3) is 0.526. The Kier molecular flexibility index (Phi) is 8.72. The van der Waals surface area contributed by atoms with Gasteiger partial charge in [0.1, 0.15) is 11.6 Å². The fourth-order valence-electron chi connectivity index (χ4n) is 3.28. The van der Waals surface area contributed by atoms with Crippen LogP contribution in [0.5, 0.6) is 0 Å². The molecule has 1 aromatic carbocycles. The SMILES string of the molecule is Cc1nnc2n1CC(C(=O)NCC(N)c1ccc(C(C)C)cc1)CC2.Cl.Cl. The van der Waals surface area contributed by atoms with Crippen molar-refractivity contribution >= 4 is 30.7 Å². The maximum atomic E-state index is 12.5. The van der Waals surface area contributed by atoms with Gasteiger partial charge in [0.15, 0.2) is 0 Å². The maximum absolute atomic E-state index is 12.5. The third-order valence-corrected chi connectivity index (χ3v) is 5.03. The first-order chi connectivity index (χ1) is 12.0. The summed E-state index contributed by atoms with van der Waals surface area (Å²) in [7, 11) is 0. The number of aromatic nitrogens is 3. The van der Waals surface area contributed by atoms with Crippen molar-refractivity contribution in [3.63, 3.8) is 0 Å². The summed E-state index contributed by atoms with van der Waals surface area (Å²) in [5, 5.41) is 11.2. The molecule has 1 aromatic heterocycles. The van der Waals surface area contributed by atoms with Gasteiger partial charge in [0, 0.05) is 25.6 Å². The van der Waals surface area contributed by atoms with Crippen molar-refractivity contribution in [3.05, 3.63) is 47.0 Å². The zero-order chi connectivity index (χ0) is 18.0. The first-order valence-corrected chi connectivity index (χ1v) is 8.97. The lowest BCUT2D eigenvalue weighted by atomic mass is 9.97. The van der Waals surface area contributed by atoms with Crippen LogP contribution in [0.3, 0.4) is 0 Å². The van der Waals surface area contributed by atoms with Crippen LogP contribution in [-0.2, 0) is 17.8 Å².